The van der Waals surface area contributed by atoms with Crippen LogP contribution >= 0.6 is 15.9 Å². The summed E-state index contributed by atoms with van der Waals surface area (Å²) < 4.78 is 22.1. The predicted molar refractivity (Wildman–Crippen MR) is 47.7 cm³/mol. The van der Waals surface area contributed by atoms with Crippen LogP contribution in [0.3, 0.4) is 0 Å². The molecule has 0 amide bonds. The minimum atomic E-state index is -3.77. The molecule has 0 aliphatic rings. The van der Waals surface area contributed by atoms with Crippen LogP contribution in [0.2, 0.25) is 0 Å². The van der Waals surface area contributed by atoms with Crippen molar-refractivity contribution in [1.82, 2.24) is 4.98 Å². The standard InChI is InChI=1S/C5H6BrN3O2S/c6-3-1-9-2-4(5(3)7)12(8,10)11/h1-2H,(H2,7,9)(H2,8,10,11). The number of primary sulfonamides is 1. The van der Waals surface area contributed by atoms with Gasteiger partial charge in [0.25, 0.3) is 0 Å². The van der Waals surface area contributed by atoms with Crippen molar-refractivity contribution >= 4 is 31.6 Å². The van der Waals surface area contributed by atoms with Crippen LogP contribution in [0.25, 0.3) is 0 Å². The van der Waals surface area contributed by atoms with Gasteiger partial charge in [-0.1, -0.05) is 0 Å². The third-order valence-electron chi connectivity index (χ3n) is 1.21. The van der Waals surface area contributed by atoms with Crippen LogP contribution in [0.15, 0.2) is 21.8 Å². The fourth-order valence-corrected chi connectivity index (χ4v) is 1.74. The topological polar surface area (TPSA) is 99.1 Å². The SMILES string of the molecule is Nc1c(Br)cncc1S(N)(=O)=O. The minimum absolute atomic E-state index is 0.0764. The van der Waals surface area contributed by atoms with Gasteiger partial charge in [-0.25, -0.2) is 13.6 Å². The van der Waals surface area contributed by atoms with Gasteiger partial charge in [-0.3, -0.25) is 4.98 Å². The Labute approximate surface area is 78.0 Å². The van der Waals surface area contributed by atoms with E-state index in [0.29, 0.717) is 4.47 Å². The summed E-state index contributed by atoms with van der Waals surface area (Å²) in [7, 11) is -3.77. The Bertz CT molecular complexity index is 403. The second kappa shape index (κ2) is 3.00. The molecule has 0 radical (unpaired) electrons. The van der Waals surface area contributed by atoms with Crippen LogP contribution in [-0.2, 0) is 10.0 Å². The molecule has 0 aliphatic carbocycles. The highest BCUT2D eigenvalue weighted by atomic mass is 79.9. The van der Waals surface area contributed by atoms with Crippen molar-refractivity contribution in [1.29, 1.82) is 0 Å². The molecule has 1 heterocycles. The van der Waals surface area contributed by atoms with Gasteiger partial charge in [-0.15, -0.1) is 0 Å². The average molecular weight is 252 g/mol. The van der Waals surface area contributed by atoms with Crippen LogP contribution in [0.1, 0.15) is 0 Å². The van der Waals surface area contributed by atoms with Crippen LogP contribution in [0.5, 0.6) is 0 Å². The van der Waals surface area contributed by atoms with Crippen LogP contribution in [0, 0.1) is 0 Å². The van der Waals surface area contributed by atoms with E-state index < -0.39 is 10.0 Å². The summed E-state index contributed by atoms with van der Waals surface area (Å²) in [6.07, 6.45) is 2.50. The number of nitrogens with two attached hydrogens (primary N) is 2. The molecule has 1 aromatic heterocycles. The lowest BCUT2D eigenvalue weighted by Crippen LogP contribution is -2.14. The van der Waals surface area contributed by atoms with Crippen molar-refractivity contribution in [2.75, 3.05) is 5.73 Å². The molecule has 0 fully saturated rings. The van der Waals surface area contributed by atoms with Crippen LogP contribution < -0.4 is 10.9 Å². The zero-order chi connectivity index (χ0) is 9.35. The summed E-state index contributed by atoms with van der Waals surface area (Å²) in [5, 5.41) is 4.86. The second-order valence-electron chi connectivity index (χ2n) is 2.08. The molecule has 4 N–H and O–H groups in total. The second-order valence-corrected chi connectivity index (χ2v) is 4.46. The van der Waals surface area contributed by atoms with Gasteiger partial charge in [0.15, 0.2) is 0 Å². The number of pyridine rings is 1. The lowest BCUT2D eigenvalue weighted by atomic mass is 10.4. The number of halogens is 1. The largest absolute Gasteiger partial charge is 0.397 e. The van der Waals surface area contributed by atoms with Crippen molar-refractivity contribution in [3.8, 4) is 0 Å². The Hall–Kier alpha value is -0.660. The molecule has 1 aromatic rings. The van der Waals surface area contributed by atoms with Crippen molar-refractivity contribution < 1.29 is 8.42 Å². The van der Waals surface area contributed by atoms with Crippen LogP contribution in [-0.4, -0.2) is 13.4 Å². The lowest BCUT2D eigenvalue weighted by Gasteiger charge is -2.02. The number of nitrogen functional groups attached to an aromatic ring is 1. The van der Waals surface area contributed by atoms with Crippen molar-refractivity contribution in [3.05, 3.63) is 16.9 Å². The summed E-state index contributed by atoms with van der Waals surface area (Å²) >= 11 is 3.03. The number of nitrogens with zero attached hydrogens (tertiary/aromatic N) is 1. The third-order valence-corrected chi connectivity index (χ3v) is 2.78. The molecule has 0 saturated carbocycles. The molecule has 12 heavy (non-hydrogen) atoms. The molecule has 0 atom stereocenters. The molecular weight excluding hydrogens is 246 g/mol. The quantitative estimate of drug-likeness (QED) is 0.738. The van der Waals surface area contributed by atoms with Gasteiger partial charge in [0.05, 0.1) is 10.2 Å². The van der Waals surface area contributed by atoms with E-state index in [-0.39, 0.29) is 10.6 Å². The molecule has 0 saturated heterocycles. The first kappa shape index (κ1) is 9.43. The van der Waals surface area contributed by atoms with E-state index in [2.05, 4.69) is 20.9 Å². The Morgan fingerprint density at radius 1 is 1.42 bits per heavy atom. The van der Waals surface area contributed by atoms with Crippen molar-refractivity contribution in [2.45, 2.75) is 4.90 Å². The maximum atomic E-state index is 10.8. The smallest absolute Gasteiger partial charge is 0.241 e. The van der Waals surface area contributed by atoms with E-state index in [4.69, 9.17) is 10.9 Å². The summed E-state index contributed by atoms with van der Waals surface area (Å²) in [5.41, 5.74) is 5.50. The number of hydrogen-bond donors (Lipinski definition) is 2. The van der Waals surface area contributed by atoms with Gasteiger partial charge in [0.1, 0.15) is 4.90 Å². The van der Waals surface area contributed by atoms with E-state index in [1.165, 1.54) is 6.20 Å². The van der Waals surface area contributed by atoms with Gasteiger partial charge >= 0.3 is 0 Å². The number of sulfonamides is 1. The van der Waals surface area contributed by atoms with E-state index in [1.54, 1.807) is 0 Å². The minimum Gasteiger partial charge on any atom is -0.397 e. The summed E-state index contributed by atoms with van der Waals surface area (Å²) in [6, 6.07) is 0. The van der Waals surface area contributed by atoms with Gasteiger partial charge in [-0.05, 0) is 15.9 Å². The first-order valence-corrected chi connectivity index (χ1v) is 5.18. The predicted octanol–water partition coefficient (Wildman–Crippen LogP) is 0.0737. The molecule has 5 nitrogen and oxygen atoms in total. The fraction of sp³-hybridized carbons (Fsp3) is 0. The van der Waals surface area contributed by atoms with Gasteiger partial charge in [0.2, 0.25) is 10.0 Å². The molecule has 1 rings (SSSR count). The highest BCUT2D eigenvalue weighted by molar-refractivity contribution is 9.10. The fourth-order valence-electron chi connectivity index (χ4n) is 0.654. The highest BCUT2D eigenvalue weighted by Crippen LogP contribution is 2.23. The van der Waals surface area contributed by atoms with E-state index in [0.717, 1.165) is 6.20 Å². The van der Waals surface area contributed by atoms with Gasteiger partial charge in [0, 0.05) is 12.4 Å². The molecule has 0 unspecified atom stereocenters. The van der Waals surface area contributed by atoms with Gasteiger partial charge < -0.3 is 5.73 Å². The average Bonchev–Trinajstić information content (AvgIpc) is 1.92. The highest BCUT2D eigenvalue weighted by Gasteiger charge is 2.13. The van der Waals surface area contributed by atoms with Gasteiger partial charge in [-0.2, -0.15) is 0 Å². The first-order valence-electron chi connectivity index (χ1n) is 2.84. The molecule has 0 bridgehead atoms. The summed E-state index contributed by atoms with van der Waals surface area (Å²) in [5.74, 6) is 0. The molecular formula is C5H6BrN3O2S. The number of anilines is 1. The maximum absolute atomic E-state index is 10.8. The Morgan fingerprint density at radius 3 is 2.42 bits per heavy atom. The number of rotatable bonds is 1. The Morgan fingerprint density at radius 2 is 2.00 bits per heavy atom. The number of aromatic nitrogens is 1. The van der Waals surface area contributed by atoms with E-state index >= 15 is 0 Å². The van der Waals surface area contributed by atoms with Crippen molar-refractivity contribution in [3.63, 3.8) is 0 Å². The first-order chi connectivity index (χ1) is 5.43. The summed E-state index contributed by atoms with van der Waals surface area (Å²) in [6.45, 7) is 0. The molecule has 0 aliphatic heterocycles. The molecule has 66 valence electrons. The van der Waals surface area contributed by atoms with Crippen molar-refractivity contribution in [2.24, 2.45) is 5.14 Å². The molecule has 0 spiro atoms. The number of hydrogen-bond acceptors (Lipinski definition) is 4. The van der Waals surface area contributed by atoms with E-state index in [9.17, 15) is 8.42 Å². The maximum Gasteiger partial charge on any atom is 0.241 e. The summed E-state index contributed by atoms with van der Waals surface area (Å²) in [4.78, 5) is 3.46. The monoisotopic (exact) mass is 251 g/mol. The zero-order valence-electron chi connectivity index (χ0n) is 5.86. The normalized spacial score (nSPS) is 11.5. The Balaban J connectivity index is 3.47. The molecule has 7 heteroatoms. The molecule has 0 aromatic carbocycles. The zero-order valence-corrected chi connectivity index (χ0v) is 8.26. The third kappa shape index (κ3) is 1.74. The van der Waals surface area contributed by atoms with E-state index in [1.807, 2.05) is 0 Å². The Kier molecular flexibility index (Phi) is 2.36. The van der Waals surface area contributed by atoms with Crippen LogP contribution in [0.4, 0.5) is 5.69 Å². The lowest BCUT2D eigenvalue weighted by molar-refractivity contribution is 0.597.